The van der Waals surface area contributed by atoms with Crippen LogP contribution in [0.5, 0.6) is 11.5 Å². The monoisotopic (exact) mass is 392 g/mol. The summed E-state index contributed by atoms with van der Waals surface area (Å²) in [7, 11) is 1.46. The Labute approximate surface area is 162 Å². The second kappa shape index (κ2) is 9.03. The van der Waals surface area contributed by atoms with Crippen molar-refractivity contribution in [1.29, 1.82) is 0 Å². The van der Waals surface area contributed by atoms with E-state index in [1.165, 1.54) is 13.2 Å². The van der Waals surface area contributed by atoms with Crippen LogP contribution in [-0.2, 0) is 11.3 Å². The Hall–Kier alpha value is -2.35. The Kier molecular flexibility index (Phi) is 6.49. The largest absolute Gasteiger partial charge is 0.496 e. The zero-order valence-corrected chi connectivity index (χ0v) is 15.7. The zero-order valence-electron chi connectivity index (χ0n) is 15.0. The number of nitro benzene ring substituents is 1. The van der Waals surface area contributed by atoms with E-state index in [9.17, 15) is 10.1 Å². The molecule has 144 valence electrons. The Morgan fingerprint density at radius 2 is 2.15 bits per heavy atom. The van der Waals surface area contributed by atoms with Crippen LogP contribution in [0.4, 0.5) is 5.69 Å². The number of hydrogen-bond acceptors (Lipinski definition) is 6. The lowest BCUT2D eigenvalue weighted by Gasteiger charge is -2.32. The number of ether oxygens (including phenoxy) is 3. The number of methoxy groups -OCH3 is 1. The lowest BCUT2D eigenvalue weighted by molar-refractivity contribution is -0.386. The fourth-order valence-electron chi connectivity index (χ4n) is 2.96. The van der Waals surface area contributed by atoms with Gasteiger partial charge in [-0.3, -0.25) is 15.0 Å². The van der Waals surface area contributed by atoms with Crippen LogP contribution >= 0.6 is 11.6 Å². The molecule has 0 amide bonds. The minimum absolute atomic E-state index is 0.127. The van der Waals surface area contributed by atoms with E-state index in [-0.39, 0.29) is 24.1 Å². The Bertz CT molecular complexity index is 801. The van der Waals surface area contributed by atoms with Crippen molar-refractivity contribution in [3.63, 3.8) is 0 Å². The van der Waals surface area contributed by atoms with Gasteiger partial charge in [-0.1, -0.05) is 29.8 Å². The minimum Gasteiger partial charge on any atom is -0.496 e. The van der Waals surface area contributed by atoms with Gasteiger partial charge in [0.25, 0.3) is 0 Å². The van der Waals surface area contributed by atoms with Crippen molar-refractivity contribution in [2.45, 2.75) is 12.6 Å². The highest BCUT2D eigenvalue weighted by Gasteiger charge is 2.23. The molecule has 2 aromatic carbocycles. The molecule has 8 heteroatoms. The Morgan fingerprint density at radius 1 is 1.33 bits per heavy atom. The summed E-state index contributed by atoms with van der Waals surface area (Å²) < 4.78 is 16.5. The summed E-state index contributed by atoms with van der Waals surface area (Å²) in [5.41, 5.74) is 0.935. The van der Waals surface area contributed by atoms with Crippen LogP contribution in [0.1, 0.15) is 5.56 Å². The summed E-state index contributed by atoms with van der Waals surface area (Å²) in [6.07, 6.45) is -0.178. The topological polar surface area (TPSA) is 74.1 Å². The van der Waals surface area contributed by atoms with Gasteiger partial charge in [0.05, 0.1) is 24.7 Å². The van der Waals surface area contributed by atoms with E-state index in [1.54, 1.807) is 12.1 Å². The Morgan fingerprint density at radius 3 is 2.89 bits per heavy atom. The van der Waals surface area contributed by atoms with Crippen LogP contribution in [0.3, 0.4) is 0 Å². The molecular weight excluding hydrogens is 372 g/mol. The van der Waals surface area contributed by atoms with E-state index in [0.29, 0.717) is 18.9 Å². The number of benzene rings is 2. The molecule has 0 N–H and O–H groups in total. The molecule has 0 aromatic heterocycles. The second-order valence-electron chi connectivity index (χ2n) is 6.22. The molecule has 0 aliphatic carbocycles. The fourth-order valence-corrected chi connectivity index (χ4v) is 3.16. The standard InChI is InChI=1S/C19H21ClN2O5/c1-25-15-6-7-19(18(10-15)22(23)24)27-13-16-12-21(8-9-26-16)11-14-4-2-3-5-17(14)20/h2-7,10,16H,8-9,11-13H2,1H3/t16-/m0/s1. The van der Waals surface area contributed by atoms with Gasteiger partial charge >= 0.3 is 5.69 Å². The van der Waals surface area contributed by atoms with Crippen molar-refractivity contribution in [3.8, 4) is 11.5 Å². The van der Waals surface area contributed by atoms with Crippen molar-refractivity contribution in [1.82, 2.24) is 4.90 Å². The molecule has 1 saturated heterocycles. The first-order chi connectivity index (χ1) is 13.1. The van der Waals surface area contributed by atoms with Gasteiger partial charge in [-0.05, 0) is 23.8 Å². The molecule has 1 aliphatic heterocycles. The summed E-state index contributed by atoms with van der Waals surface area (Å²) >= 11 is 6.24. The molecule has 0 spiro atoms. The van der Waals surface area contributed by atoms with Gasteiger partial charge in [-0.2, -0.15) is 0 Å². The van der Waals surface area contributed by atoms with Gasteiger partial charge in [-0.25, -0.2) is 0 Å². The molecule has 1 atom stereocenters. The summed E-state index contributed by atoms with van der Waals surface area (Å²) in [5.74, 6) is 0.613. The van der Waals surface area contributed by atoms with Crippen molar-refractivity contribution in [2.24, 2.45) is 0 Å². The maximum Gasteiger partial charge on any atom is 0.314 e. The van der Waals surface area contributed by atoms with Gasteiger partial charge in [0.1, 0.15) is 18.5 Å². The van der Waals surface area contributed by atoms with E-state index in [1.807, 2.05) is 24.3 Å². The summed E-state index contributed by atoms with van der Waals surface area (Å²) in [5, 5.41) is 12.0. The fraction of sp³-hybridized carbons (Fsp3) is 0.368. The van der Waals surface area contributed by atoms with Crippen molar-refractivity contribution < 1.29 is 19.1 Å². The SMILES string of the molecule is COc1ccc(OC[C@@H]2CN(Cc3ccccc3Cl)CCO2)c([N+](=O)[O-])c1. The van der Waals surface area contributed by atoms with E-state index >= 15 is 0 Å². The van der Waals surface area contributed by atoms with Crippen LogP contribution in [0.15, 0.2) is 42.5 Å². The van der Waals surface area contributed by atoms with Crippen molar-refractivity contribution >= 4 is 17.3 Å². The highest BCUT2D eigenvalue weighted by Crippen LogP contribution is 2.31. The minimum atomic E-state index is -0.483. The van der Waals surface area contributed by atoms with Gasteiger partial charge in [0.15, 0.2) is 5.75 Å². The summed E-state index contributed by atoms with van der Waals surface area (Å²) in [6, 6.07) is 12.3. The highest BCUT2D eigenvalue weighted by molar-refractivity contribution is 6.31. The van der Waals surface area contributed by atoms with Crippen molar-refractivity contribution in [3.05, 3.63) is 63.2 Å². The van der Waals surface area contributed by atoms with Gasteiger partial charge < -0.3 is 14.2 Å². The van der Waals surface area contributed by atoms with E-state index in [4.69, 9.17) is 25.8 Å². The van der Waals surface area contributed by atoms with Crippen LogP contribution in [0.25, 0.3) is 0 Å². The van der Waals surface area contributed by atoms with Crippen LogP contribution in [0, 0.1) is 10.1 Å². The number of hydrogen-bond donors (Lipinski definition) is 0. The summed E-state index contributed by atoms with van der Waals surface area (Å²) in [6.45, 7) is 2.98. The van der Waals surface area contributed by atoms with Crippen LogP contribution < -0.4 is 9.47 Å². The third-order valence-electron chi connectivity index (χ3n) is 4.36. The average Bonchev–Trinajstić information content (AvgIpc) is 2.68. The van der Waals surface area contributed by atoms with Gasteiger partial charge in [-0.15, -0.1) is 0 Å². The molecule has 2 aromatic rings. The molecule has 1 aliphatic rings. The van der Waals surface area contributed by atoms with Crippen LogP contribution in [0.2, 0.25) is 5.02 Å². The zero-order chi connectivity index (χ0) is 19.2. The molecule has 0 unspecified atom stereocenters. The maximum atomic E-state index is 11.2. The lowest BCUT2D eigenvalue weighted by atomic mass is 10.2. The second-order valence-corrected chi connectivity index (χ2v) is 6.63. The smallest absolute Gasteiger partial charge is 0.314 e. The molecule has 1 heterocycles. The first kappa shape index (κ1) is 19.4. The predicted octanol–water partition coefficient (Wildman–Crippen LogP) is 3.54. The maximum absolute atomic E-state index is 11.2. The molecule has 1 fully saturated rings. The molecule has 0 radical (unpaired) electrons. The first-order valence-electron chi connectivity index (χ1n) is 8.59. The number of nitrogens with zero attached hydrogens (tertiary/aromatic N) is 2. The van der Waals surface area contributed by atoms with Gasteiger partial charge in [0, 0.05) is 24.7 Å². The van der Waals surface area contributed by atoms with E-state index in [0.717, 1.165) is 23.7 Å². The Balaban J connectivity index is 1.60. The van der Waals surface area contributed by atoms with Crippen LogP contribution in [-0.4, -0.2) is 49.3 Å². The molecular formula is C19H21ClN2O5. The number of halogens is 1. The number of nitro groups is 1. The van der Waals surface area contributed by atoms with E-state index < -0.39 is 4.92 Å². The average molecular weight is 393 g/mol. The molecule has 3 rings (SSSR count). The first-order valence-corrected chi connectivity index (χ1v) is 8.97. The molecule has 7 nitrogen and oxygen atoms in total. The number of morpholine rings is 1. The van der Waals surface area contributed by atoms with Gasteiger partial charge in [0.2, 0.25) is 0 Å². The summed E-state index contributed by atoms with van der Waals surface area (Å²) in [4.78, 5) is 13.0. The van der Waals surface area contributed by atoms with E-state index in [2.05, 4.69) is 4.90 Å². The predicted molar refractivity (Wildman–Crippen MR) is 102 cm³/mol. The third-order valence-corrected chi connectivity index (χ3v) is 4.73. The third kappa shape index (κ3) is 5.09. The van der Waals surface area contributed by atoms with Crippen molar-refractivity contribution in [2.75, 3.05) is 33.4 Å². The molecule has 0 bridgehead atoms. The molecule has 0 saturated carbocycles. The number of rotatable bonds is 7. The molecule has 27 heavy (non-hydrogen) atoms. The quantitative estimate of drug-likeness (QED) is 0.530. The highest BCUT2D eigenvalue weighted by atomic mass is 35.5. The lowest BCUT2D eigenvalue weighted by Crippen LogP contribution is -2.44. The normalized spacial score (nSPS) is 17.5.